The summed E-state index contributed by atoms with van der Waals surface area (Å²) in [6.07, 6.45) is 3.50. The van der Waals surface area contributed by atoms with Gasteiger partial charge in [0.05, 0.1) is 7.11 Å². The maximum Gasteiger partial charge on any atom is 0.191 e. The largest absolute Gasteiger partial charge is 0.497 e. The van der Waals surface area contributed by atoms with E-state index in [0.717, 1.165) is 57.5 Å². The van der Waals surface area contributed by atoms with Gasteiger partial charge in [0.2, 0.25) is 0 Å². The van der Waals surface area contributed by atoms with Crippen molar-refractivity contribution in [3.05, 3.63) is 29.8 Å². The van der Waals surface area contributed by atoms with Crippen LogP contribution in [0, 0.1) is 5.92 Å². The van der Waals surface area contributed by atoms with Crippen LogP contribution in [0.3, 0.4) is 0 Å². The highest BCUT2D eigenvalue weighted by molar-refractivity contribution is 14.0. The molecular formula is C23H42IN5O2. The number of hydrogen-bond acceptors (Lipinski definition) is 5. The molecular weight excluding hydrogens is 505 g/mol. The van der Waals surface area contributed by atoms with Gasteiger partial charge in [-0.2, -0.15) is 0 Å². The Bertz CT molecular complexity index is 629. The van der Waals surface area contributed by atoms with E-state index in [1.807, 2.05) is 7.05 Å². The highest BCUT2D eigenvalue weighted by atomic mass is 127. The van der Waals surface area contributed by atoms with Crippen molar-refractivity contribution in [2.75, 3.05) is 74.7 Å². The molecule has 1 aliphatic rings. The van der Waals surface area contributed by atoms with Gasteiger partial charge in [0.1, 0.15) is 5.75 Å². The second kappa shape index (κ2) is 15.7. The number of aliphatic imine (C=N–C) groups is 1. The maximum atomic E-state index is 5.33. The zero-order chi connectivity index (χ0) is 21.8. The number of rotatable bonds is 11. The second-order valence-corrected chi connectivity index (χ2v) is 8.13. The fourth-order valence-electron chi connectivity index (χ4n) is 4.21. The molecule has 2 unspecified atom stereocenters. The number of likely N-dealkylation sites (N-methyl/N-ethyl adjacent to an activating group) is 1. The first kappa shape index (κ1) is 27.9. The van der Waals surface area contributed by atoms with Gasteiger partial charge < -0.3 is 25.0 Å². The number of piperidine rings is 1. The number of nitrogens with zero attached hydrogens (tertiary/aromatic N) is 3. The zero-order valence-corrected chi connectivity index (χ0v) is 22.2. The molecule has 1 heterocycles. The van der Waals surface area contributed by atoms with Gasteiger partial charge in [0.15, 0.2) is 5.96 Å². The topological polar surface area (TPSA) is 61.4 Å². The van der Waals surface area contributed by atoms with Gasteiger partial charge in [-0.1, -0.05) is 12.1 Å². The summed E-state index contributed by atoms with van der Waals surface area (Å²) in [6, 6.07) is 8.93. The van der Waals surface area contributed by atoms with Crippen LogP contribution in [-0.4, -0.2) is 90.5 Å². The number of likely N-dealkylation sites (tertiary alicyclic amines) is 1. The Morgan fingerprint density at radius 2 is 1.94 bits per heavy atom. The van der Waals surface area contributed by atoms with Crippen LogP contribution in [0.25, 0.3) is 0 Å². The minimum absolute atomic E-state index is 0. The summed E-state index contributed by atoms with van der Waals surface area (Å²) in [5.41, 5.74) is 1.35. The number of nitrogens with one attached hydrogen (secondary N) is 2. The molecule has 31 heavy (non-hydrogen) atoms. The summed E-state index contributed by atoms with van der Waals surface area (Å²) in [5, 5.41) is 7.00. The van der Waals surface area contributed by atoms with Gasteiger partial charge in [0.25, 0.3) is 0 Å². The molecule has 0 aromatic heterocycles. The number of methoxy groups -OCH3 is 2. The first-order chi connectivity index (χ1) is 14.6. The monoisotopic (exact) mass is 547 g/mol. The van der Waals surface area contributed by atoms with Crippen molar-refractivity contribution in [2.24, 2.45) is 10.9 Å². The lowest BCUT2D eigenvalue weighted by atomic mass is 9.85. The van der Waals surface area contributed by atoms with E-state index in [-0.39, 0.29) is 24.0 Å². The average molecular weight is 548 g/mol. The zero-order valence-electron chi connectivity index (χ0n) is 19.9. The lowest BCUT2D eigenvalue weighted by Gasteiger charge is -2.40. The van der Waals surface area contributed by atoms with Gasteiger partial charge in [-0.3, -0.25) is 9.89 Å². The molecule has 1 aliphatic heterocycles. The lowest BCUT2D eigenvalue weighted by Crippen LogP contribution is -2.46. The van der Waals surface area contributed by atoms with Gasteiger partial charge in [-0.25, -0.2) is 0 Å². The van der Waals surface area contributed by atoms with Crippen LogP contribution >= 0.6 is 24.0 Å². The average Bonchev–Trinajstić information content (AvgIpc) is 2.76. The number of guanidine groups is 1. The summed E-state index contributed by atoms with van der Waals surface area (Å²) in [5.74, 6) is 2.32. The second-order valence-electron chi connectivity index (χ2n) is 8.13. The van der Waals surface area contributed by atoms with Crippen LogP contribution in [0.5, 0.6) is 5.75 Å². The van der Waals surface area contributed by atoms with Crippen molar-refractivity contribution in [1.29, 1.82) is 0 Å². The van der Waals surface area contributed by atoms with Gasteiger partial charge in [-0.05, 0) is 63.5 Å². The number of ether oxygens (including phenoxy) is 2. The molecule has 1 aromatic rings. The molecule has 7 nitrogen and oxygen atoms in total. The van der Waals surface area contributed by atoms with E-state index in [0.29, 0.717) is 12.0 Å². The number of benzene rings is 1. The van der Waals surface area contributed by atoms with E-state index in [9.17, 15) is 0 Å². The third-order valence-corrected chi connectivity index (χ3v) is 5.89. The maximum absolute atomic E-state index is 5.33. The molecule has 0 amide bonds. The number of halogens is 1. The van der Waals surface area contributed by atoms with E-state index in [1.165, 1.54) is 18.4 Å². The number of hydrogen-bond donors (Lipinski definition) is 2. The molecule has 0 saturated carbocycles. The summed E-state index contributed by atoms with van der Waals surface area (Å²) >= 11 is 0. The Kier molecular flexibility index (Phi) is 14.1. The van der Waals surface area contributed by atoms with Crippen LogP contribution in [0.15, 0.2) is 29.3 Å². The third kappa shape index (κ3) is 9.51. The van der Waals surface area contributed by atoms with Crippen molar-refractivity contribution in [1.82, 2.24) is 20.4 Å². The molecule has 2 N–H and O–H groups in total. The first-order valence-electron chi connectivity index (χ1n) is 11.0. The van der Waals surface area contributed by atoms with E-state index >= 15 is 0 Å². The van der Waals surface area contributed by atoms with Crippen LogP contribution in [0.1, 0.15) is 30.9 Å². The smallest absolute Gasteiger partial charge is 0.191 e. The van der Waals surface area contributed by atoms with E-state index in [1.54, 1.807) is 14.2 Å². The molecule has 1 saturated heterocycles. The summed E-state index contributed by atoms with van der Waals surface area (Å²) in [7, 11) is 9.68. The predicted octanol–water partition coefficient (Wildman–Crippen LogP) is 2.83. The molecule has 0 radical (unpaired) electrons. The summed E-state index contributed by atoms with van der Waals surface area (Å²) in [6.45, 7) is 5.74. The Morgan fingerprint density at radius 3 is 2.58 bits per heavy atom. The van der Waals surface area contributed by atoms with E-state index < -0.39 is 0 Å². The normalized spacial score (nSPS) is 19.7. The van der Waals surface area contributed by atoms with Crippen LogP contribution in [0.4, 0.5) is 0 Å². The molecule has 0 spiro atoms. The molecule has 0 aliphatic carbocycles. The summed E-state index contributed by atoms with van der Waals surface area (Å²) < 4.78 is 10.4. The molecule has 1 aromatic carbocycles. The Hall–Kier alpha value is -1.10. The first-order valence-corrected chi connectivity index (χ1v) is 11.0. The van der Waals surface area contributed by atoms with E-state index in [4.69, 9.17) is 9.47 Å². The van der Waals surface area contributed by atoms with Crippen LogP contribution < -0.4 is 15.4 Å². The van der Waals surface area contributed by atoms with Crippen molar-refractivity contribution < 1.29 is 9.47 Å². The van der Waals surface area contributed by atoms with Crippen molar-refractivity contribution >= 4 is 29.9 Å². The quantitative estimate of drug-likeness (QED) is 0.192. The Balaban J connectivity index is 0.00000480. The van der Waals surface area contributed by atoms with Crippen molar-refractivity contribution in [3.63, 3.8) is 0 Å². The molecule has 2 atom stereocenters. The van der Waals surface area contributed by atoms with E-state index in [2.05, 4.69) is 63.8 Å². The fourth-order valence-corrected chi connectivity index (χ4v) is 4.21. The molecule has 1 fully saturated rings. The molecule has 178 valence electrons. The standard InChI is InChI=1S/C23H41N5O2.HI/c1-24-23(25-13-16-27(2)14-7-17-29-4)26-18-20-8-6-15-28(3)22(20)19-9-11-21(30-5)12-10-19;/h9-12,20,22H,6-8,13-18H2,1-5H3,(H2,24,25,26);1H. The predicted molar refractivity (Wildman–Crippen MR) is 140 cm³/mol. The highest BCUT2D eigenvalue weighted by Crippen LogP contribution is 2.35. The summed E-state index contributed by atoms with van der Waals surface area (Å²) in [4.78, 5) is 9.20. The van der Waals surface area contributed by atoms with Crippen molar-refractivity contribution in [2.45, 2.75) is 25.3 Å². The van der Waals surface area contributed by atoms with Gasteiger partial charge in [0, 0.05) is 53.0 Å². The Labute approximate surface area is 206 Å². The van der Waals surface area contributed by atoms with Crippen molar-refractivity contribution in [3.8, 4) is 5.75 Å². The van der Waals surface area contributed by atoms with Gasteiger partial charge >= 0.3 is 0 Å². The lowest BCUT2D eigenvalue weighted by molar-refractivity contribution is 0.122. The SMILES string of the molecule is CN=C(NCCN(C)CCCOC)NCC1CCCN(C)C1c1ccc(OC)cc1.I. The molecule has 8 heteroatoms. The minimum Gasteiger partial charge on any atom is -0.497 e. The Morgan fingerprint density at radius 1 is 1.19 bits per heavy atom. The van der Waals surface area contributed by atoms with Crippen LogP contribution in [0.2, 0.25) is 0 Å². The van der Waals surface area contributed by atoms with Crippen LogP contribution in [-0.2, 0) is 4.74 Å². The third-order valence-electron chi connectivity index (χ3n) is 5.89. The minimum atomic E-state index is 0. The fraction of sp³-hybridized carbons (Fsp3) is 0.696. The molecule has 2 rings (SSSR count). The van der Waals surface area contributed by atoms with Gasteiger partial charge in [-0.15, -0.1) is 24.0 Å². The highest BCUT2D eigenvalue weighted by Gasteiger charge is 2.30. The molecule has 0 bridgehead atoms.